The molecule has 2 heterocycles. The van der Waals surface area contributed by atoms with Gasteiger partial charge in [0.25, 0.3) is 0 Å². The Balaban J connectivity index is 1.52. The Kier molecular flexibility index (Phi) is 5.85. The number of rotatable bonds is 7. The van der Waals surface area contributed by atoms with Gasteiger partial charge in [-0.3, -0.25) is 0 Å². The van der Waals surface area contributed by atoms with Crippen molar-refractivity contribution in [2.45, 2.75) is 55.9 Å². The lowest BCUT2D eigenvalue weighted by Gasteiger charge is -2.28. The van der Waals surface area contributed by atoms with Gasteiger partial charge in [-0.25, -0.2) is 18.1 Å². The zero-order valence-electron chi connectivity index (χ0n) is 17.1. The monoisotopic (exact) mass is 446 g/mol. The van der Waals surface area contributed by atoms with Crippen molar-refractivity contribution >= 4 is 21.4 Å². The summed E-state index contributed by atoms with van der Waals surface area (Å²) in [6, 6.07) is 10.7. The summed E-state index contributed by atoms with van der Waals surface area (Å²) < 4.78 is 34.0. The topological polar surface area (TPSA) is 92.4 Å². The van der Waals surface area contributed by atoms with Crippen LogP contribution in [0.15, 0.2) is 52.0 Å². The van der Waals surface area contributed by atoms with Crippen LogP contribution >= 0.6 is 11.3 Å². The molecule has 0 bridgehead atoms. The Morgan fingerprint density at radius 1 is 1.20 bits per heavy atom. The highest BCUT2D eigenvalue weighted by Gasteiger charge is 2.38. The van der Waals surface area contributed by atoms with Gasteiger partial charge in [0.1, 0.15) is 12.0 Å². The average Bonchev–Trinajstić information content (AvgIpc) is 3.47. The van der Waals surface area contributed by atoms with Crippen LogP contribution in [0.3, 0.4) is 0 Å². The maximum Gasteiger partial charge on any atom is 0.240 e. The van der Waals surface area contributed by atoms with E-state index in [4.69, 9.17) is 4.42 Å². The third-order valence-corrected chi connectivity index (χ3v) is 8.72. The lowest BCUT2D eigenvalue weighted by molar-refractivity contribution is 0.203. The molecule has 1 fully saturated rings. The summed E-state index contributed by atoms with van der Waals surface area (Å²) in [5, 5.41) is 9.87. The van der Waals surface area contributed by atoms with Crippen LogP contribution in [0.5, 0.6) is 0 Å². The zero-order chi connectivity index (χ0) is 21.4. The van der Waals surface area contributed by atoms with E-state index in [0.29, 0.717) is 18.1 Å². The van der Waals surface area contributed by atoms with Gasteiger partial charge in [-0.05, 0) is 44.0 Å². The molecular formula is C22H26N2O4S2. The van der Waals surface area contributed by atoms with Crippen LogP contribution < -0.4 is 4.72 Å². The molecule has 2 aromatic heterocycles. The first kappa shape index (κ1) is 21.2. The number of oxazole rings is 1. The van der Waals surface area contributed by atoms with Crippen molar-refractivity contribution in [2.75, 3.05) is 6.54 Å². The predicted octanol–water partition coefficient (Wildman–Crippen LogP) is 4.56. The molecule has 0 saturated heterocycles. The summed E-state index contributed by atoms with van der Waals surface area (Å²) in [4.78, 5) is 6.57. The highest BCUT2D eigenvalue weighted by molar-refractivity contribution is 7.89. The first-order valence-electron chi connectivity index (χ1n) is 10.1. The number of thiophene rings is 1. The maximum atomic E-state index is 12.9. The number of aryl methyl sites for hydroxylation is 1. The van der Waals surface area contributed by atoms with Crippen molar-refractivity contribution in [1.29, 1.82) is 0 Å². The summed E-state index contributed by atoms with van der Waals surface area (Å²) in [5.41, 5.74) is 1.28. The van der Waals surface area contributed by atoms with E-state index in [0.717, 1.165) is 41.0 Å². The second kappa shape index (κ2) is 8.26. The Bertz CT molecular complexity index is 1110. The van der Waals surface area contributed by atoms with Crippen molar-refractivity contribution in [3.05, 3.63) is 58.3 Å². The Hall–Kier alpha value is -2.00. The molecule has 30 heavy (non-hydrogen) atoms. The van der Waals surface area contributed by atoms with Crippen LogP contribution in [0.25, 0.3) is 11.3 Å². The number of aliphatic hydroxyl groups is 1. The highest BCUT2D eigenvalue weighted by Crippen LogP contribution is 2.44. The van der Waals surface area contributed by atoms with Crippen molar-refractivity contribution in [3.8, 4) is 11.3 Å². The first-order valence-corrected chi connectivity index (χ1v) is 12.4. The van der Waals surface area contributed by atoms with E-state index >= 15 is 0 Å². The number of sulfonamides is 1. The number of hydrogen-bond acceptors (Lipinski definition) is 6. The van der Waals surface area contributed by atoms with Gasteiger partial charge in [-0.2, -0.15) is 0 Å². The molecule has 0 radical (unpaired) electrons. The van der Waals surface area contributed by atoms with Gasteiger partial charge in [0.15, 0.2) is 5.89 Å². The van der Waals surface area contributed by atoms with E-state index < -0.39 is 16.1 Å². The van der Waals surface area contributed by atoms with Crippen molar-refractivity contribution < 1.29 is 17.9 Å². The second-order valence-electron chi connectivity index (χ2n) is 7.97. The average molecular weight is 447 g/mol. The molecule has 1 aromatic carbocycles. The molecule has 1 aliphatic carbocycles. The summed E-state index contributed by atoms with van der Waals surface area (Å²) in [7, 11) is -3.64. The fourth-order valence-corrected chi connectivity index (χ4v) is 6.36. The van der Waals surface area contributed by atoms with Crippen molar-refractivity contribution in [1.82, 2.24) is 9.71 Å². The van der Waals surface area contributed by atoms with E-state index in [9.17, 15) is 13.5 Å². The van der Waals surface area contributed by atoms with Crippen LogP contribution in [0.2, 0.25) is 0 Å². The molecule has 2 N–H and O–H groups in total. The van der Waals surface area contributed by atoms with Crippen LogP contribution in [0, 0.1) is 6.92 Å². The van der Waals surface area contributed by atoms with Gasteiger partial charge in [0, 0.05) is 34.2 Å². The minimum absolute atomic E-state index is 0.205. The molecule has 3 aromatic rings. The fraction of sp³-hybridized carbons (Fsp3) is 0.409. The third kappa shape index (κ3) is 4.23. The SMILES string of the molecule is Cc1nc(-c2ccc(S(=O)(=O)NCC3(c4ccc([C@H](C)O)s4)CCCC3)cc2)co1. The Morgan fingerprint density at radius 2 is 1.90 bits per heavy atom. The smallest absolute Gasteiger partial charge is 0.240 e. The number of nitrogens with one attached hydrogen (secondary N) is 1. The normalized spacial score (nSPS) is 17.3. The van der Waals surface area contributed by atoms with Gasteiger partial charge in [0.2, 0.25) is 10.0 Å². The minimum atomic E-state index is -3.64. The number of aromatic nitrogens is 1. The standard InChI is InChI=1S/C22H26N2O4S2/c1-15(25)20-9-10-21(29-20)22(11-3-4-12-22)14-23-30(26,27)18-7-5-17(6-8-18)19-13-28-16(2)24-19/h5-10,13,15,23,25H,3-4,11-12,14H2,1-2H3/t15-/m0/s1. The molecule has 8 heteroatoms. The predicted molar refractivity (Wildman–Crippen MR) is 117 cm³/mol. The molecule has 0 unspecified atom stereocenters. The van der Waals surface area contributed by atoms with Gasteiger partial charge >= 0.3 is 0 Å². The molecule has 1 aliphatic rings. The van der Waals surface area contributed by atoms with Gasteiger partial charge in [-0.1, -0.05) is 25.0 Å². The Labute approximate surface area is 181 Å². The van der Waals surface area contributed by atoms with E-state index in [-0.39, 0.29) is 10.3 Å². The lowest BCUT2D eigenvalue weighted by atomic mass is 9.85. The summed E-state index contributed by atoms with van der Waals surface area (Å²) in [6.07, 6.45) is 5.10. The summed E-state index contributed by atoms with van der Waals surface area (Å²) in [6.45, 7) is 3.88. The number of hydrogen-bond donors (Lipinski definition) is 2. The van der Waals surface area contributed by atoms with Crippen LogP contribution in [0.4, 0.5) is 0 Å². The quantitative estimate of drug-likeness (QED) is 0.555. The molecule has 160 valence electrons. The molecule has 1 saturated carbocycles. The molecule has 1 atom stereocenters. The Morgan fingerprint density at radius 3 is 2.47 bits per heavy atom. The van der Waals surface area contributed by atoms with Crippen molar-refractivity contribution in [3.63, 3.8) is 0 Å². The third-order valence-electron chi connectivity index (χ3n) is 5.80. The van der Waals surface area contributed by atoms with Gasteiger partial charge < -0.3 is 9.52 Å². The van der Waals surface area contributed by atoms with Gasteiger partial charge in [-0.15, -0.1) is 11.3 Å². The van der Waals surface area contributed by atoms with Gasteiger partial charge in [0.05, 0.1) is 11.0 Å². The number of nitrogens with zero attached hydrogens (tertiary/aromatic N) is 1. The summed E-state index contributed by atoms with van der Waals surface area (Å²) >= 11 is 1.58. The molecule has 6 nitrogen and oxygen atoms in total. The molecule has 0 amide bonds. The summed E-state index contributed by atoms with van der Waals surface area (Å²) in [5.74, 6) is 0.567. The van der Waals surface area contributed by atoms with E-state index in [1.807, 2.05) is 12.1 Å². The van der Waals surface area contributed by atoms with E-state index in [2.05, 4.69) is 9.71 Å². The van der Waals surface area contributed by atoms with E-state index in [1.165, 1.54) is 0 Å². The molecule has 0 aliphatic heterocycles. The largest absolute Gasteiger partial charge is 0.449 e. The highest BCUT2D eigenvalue weighted by atomic mass is 32.2. The second-order valence-corrected chi connectivity index (χ2v) is 10.8. The molecule has 4 rings (SSSR count). The number of aliphatic hydroxyl groups excluding tert-OH is 1. The lowest BCUT2D eigenvalue weighted by Crippen LogP contribution is -2.38. The first-order chi connectivity index (χ1) is 14.3. The van der Waals surface area contributed by atoms with Crippen LogP contribution in [-0.4, -0.2) is 25.1 Å². The number of benzene rings is 1. The van der Waals surface area contributed by atoms with E-state index in [1.54, 1.807) is 55.7 Å². The zero-order valence-corrected chi connectivity index (χ0v) is 18.7. The molecule has 0 spiro atoms. The van der Waals surface area contributed by atoms with Crippen LogP contribution in [0.1, 0.15) is 54.4 Å². The fourth-order valence-electron chi connectivity index (χ4n) is 4.04. The van der Waals surface area contributed by atoms with Crippen molar-refractivity contribution in [2.24, 2.45) is 0 Å². The molecular weight excluding hydrogens is 420 g/mol. The minimum Gasteiger partial charge on any atom is -0.449 e. The van der Waals surface area contributed by atoms with Crippen LogP contribution in [-0.2, 0) is 15.4 Å². The maximum absolute atomic E-state index is 12.9.